The van der Waals surface area contributed by atoms with Gasteiger partial charge in [-0.1, -0.05) is 6.92 Å². The Bertz CT molecular complexity index is 698. The molecular weight excluding hydrogens is 314 g/mol. The van der Waals surface area contributed by atoms with Gasteiger partial charge < -0.3 is 13.9 Å². The highest BCUT2D eigenvalue weighted by atomic mass is 16.3. The summed E-state index contributed by atoms with van der Waals surface area (Å²) in [6.07, 6.45) is 6.74. The largest absolute Gasteiger partial charge is 0.468 e. The molecule has 0 unspecified atom stereocenters. The van der Waals surface area contributed by atoms with Crippen molar-refractivity contribution in [2.75, 3.05) is 19.6 Å². The van der Waals surface area contributed by atoms with Gasteiger partial charge in [0.1, 0.15) is 5.76 Å². The Morgan fingerprint density at radius 3 is 2.72 bits per heavy atom. The SMILES string of the molecule is CC[C@@H]1c2cccn2CCN1C(=O)C1CCN(Cc2ccco2)CC1. The van der Waals surface area contributed by atoms with Crippen LogP contribution < -0.4 is 0 Å². The van der Waals surface area contributed by atoms with Crippen molar-refractivity contribution in [3.63, 3.8) is 0 Å². The second kappa shape index (κ2) is 7.08. The Morgan fingerprint density at radius 2 is 2.00 bits per heavy atom. The third-order valence-corrected chi connectivity index (χ3v) is 5.73. The molecule has 2 aromatic rings. The van der Waals surface area contributed by atoms with Crippen molar-refractivity contribution in [2.45, 2.75) is 45.3 Å². The van der Waals surface area contributed by atoms with E-state index in [2.05, 4.69) is 39.6 Å². The van der Waals surface area contributed by atoms with Crippen LogP contribution >= 0.6 is 0 Å². The average Bonchev–Trinajstić information content (AvgIpc) is 3.32. The minimum absolute atomic E-state index is 0.170. The van der Waals surface area contributed by atoms with E-state index >= 15 is 0 Å². The van der Waals surface area contributed by atoms with E-state index in [1.54, 1.807) is 6.26 Å². The van der Waals surface area contributed by atoms with Gasteiger partial charge in [-0.3, -0.25) is 9.69 Å². The van der Waals surface area contributed by atoms with Crippen LogP contribution in [0.2, 0.25) is 0 Å². The molecule has 1 amide bonds. The lowest BCUT2D eigenvalue weighted by Gasteiger charge is -2.40. The Kier molecular flexibility index (Phi) is 4.66. The van der Waals surface area contributed by atoms with Gasteiger partial charge in [-0.25, -0.2) is 0 Å². The molecule has 1 saturated heterocycles. The van der Waals surface area contributed by atoms with Gasteiger partial charge in [0.25, 0.3) is 0 Å². The number of hydrogen-bond acceptors (Lipinski definition) is 3. The molecule has 0 aliphatic carbocycles. The molecule has 1 atom stereocenters. The third kappa shape index (κ3) is 3.25. The molecule has 0 N–H and O–H groups in total. The monoisotopic (exact) mass is 341 g/mol. The summed E-state index contributed by atoms with van der Waals surface area (Å²) in [6, 6.07) is 8.45. The van der Waals surface area contributed by atoms with Crippen molar-refractivity contribution in [2.24, 2.45) is 5.92 Å². The first-order chi connectivity index (χ1) is 12.3. The van der Waals surface area contributed by atoms with E-state index in [4.69, 9.17) is 4.42 Å². The quantitative estimate of drug-likeness (QED) is 0.857. The van der Waals surface area contributed by atoms with Gasteiger partial charge in [-0.05, 0) is 56.6 Å². The van der Waals surface area contributed by atoms with E-state index in [1.807, 2.05) is 12.1 Å². The maximum Gasteiger partial charge on any atom is 0.226 e. The van der Waals surface area contributed by atoms with Crippen molar-refractivity contribution < 1.29 is 9.21 Å². The number of furan rings is 1. The number of fused-ring (bicyclic) bond motifs is 1. The van der Waals surface area contributed by atoms with Crippen LogP contribution in [-0.2, 0) is 17.9 Å². The zero-order valence-corrected chi connectivity index (χ0v) is 14.9. The summed E-state index contributed by atoms with van der Waals surface area (Å²) in [6.45, 7) is 6.73. The first kappa shape index (κ1) is 16.5. The number of hydrogen-bond donors (Lipinski definition) is 0. The van der Waals surface area contributed by atoms with Crippen LogP contribution in [0.5, 0.6) is 0 Å². The molecule has 5 nitrogen and oxygen atoms in total. The molecule has 2 aliphatic rings. The fourth-order valence-corrected chi connectivity index (χ4v) is 4.35. The highest BCUT2D eigenvalue weighted by Crippen LogP contribution is 2.32. The van der Waals surface area contributed by atoms with Gasteiger partial charge in [0.05, 0.1) is 18.8 Å². The number of likely N-dealkylation sites (tertiary alicyclic amines) is 1. The molecule has 2 aliphatic heterocycles. The number of amides is 1. The maximum absolute atomic E-state index is 13.2. The van der Waals surface area contributed by atoms with Crippen LogP contribution in [0.1, 0.15) is 43.7 Å². The van der Waals surface area contributed by atoms with Crippen molar-refractivity contribution >= 4 is 5.91 Å². The molecule has 0 aromatic carbocycles. The topological polar surface area (TPSA) is 41.6 Å². The summed E-state index contributed by atoms with van der Waals surface area (Å²) in [5, 5.41) is 0. The average molecular weight is 341 g/mol. The Balaban J connectivity index is 1.37. The molecule has 0 saturated carbocycles. The predicted octanol–water partition coefficient (Wildman–Crippen LogP) is 3.29. The van der Waals surface area contributed by atoms with E-state index in [9.17, 15) is 4.79 Å². The highest BCUT2D eigenvalue weighted by Gasteiger charge is 2.34. The second-order valence-corrected chi connectivity index (χ2v) is 7.21. The fourth-order valence-electron chi connectivity index (χ4n) is 4.35. The molecule has 0 spiro atoms. The van der Waals surface area contributed by atoms with E-state index in [0.29, 0.717) is 5.91 Å². The van der Waals surface area contributed by atoms with Crippen molar-refractivity contribution in [3.05, 3.63) is 48.2 Å². The molecule has 4 rings (SSSR count). The van der Waals surface area contributed by atoms with E-state index in [1.165, 1.54) is 5.69 Å². The first-order valence-corrected chi connectivity index (χ1v) is 9.46. The number of aromatic nitrogens is 1. The minimum Gasteiger partial charge on any atom is -0.468 e. The van der Waals surface area contributed by atoms with Gasteiger partial charge in [-0.2, -0.15) is 0 Å². The van der Waals surface area contributed by atoms with Crippen LogP contribution in [0.15, 0.2) is 41.1 Å². The van der Waals surface area contributed by atoms with Crippen molar-refractivity contribution in [3.8, 4) is 0 Å². The molecule has 134 valence electrons. The molecule has 0 radical (unpaired) electrons. The van der Waals surface area contributed by atoms with Gasteiger partial charge in [-0.15, -0.1) is 0 Å². The summed E-state index contributed by atoms with van der Waals surface area (Å²) < 4.78 is 7.74. The van der Waals surface area contributed by atoms with E-state index in [-0.39, 0.29) is 12.0 Å². The molecule has 1 fully saturated rings. The Labute approximate surface area is 149 Å². The lowest BCUT2D eigenvalue weighted by atomic mass is 9.93. The number of carbonyl (C=O) groups is 1. The standard InChI is InChI=1S/C20H27N3O2/c1-2-18-19-6-3-9-22(19)12-13-23(18)20(24)16-7-10-21(11-8-16)15-17-5-4-14-25-17/h3-6,9,14,16,18H,2,7-8,10-13,15H2,1H3/t18-/m1/s1. The summed E-state index contributed by atoms with van der Waals surface area (Å²) in [7, 11) is 0. The second-order valence-electron chi connectivity index (χ2n) is 7.21. The van der Waals surface area contributed by atoms with Crippen molar-refractivity contribution in [1.29, 1.82) is 0 Å². The van der Waals surface area contributed by atoms with Crippen LogP contribution in [0.3, 0.4) is 0 Å². The number of carbonyl (C=O) groups excluding carboxylic acids is 1. The third-order valence-electron chi connectivity index (χ3n) is 5.73. The van der Waals surface area contributed by atoms with Gasteiger partial charge in [0, 0.05) is 30.9 Å². The zero-order chi connectivity index (χ0) is 17.2. The van der Waals surface area contributed by atoms with Crippen molar-refractivity contribution in [1.82, 2.24) is 14.4 Å². The minimum atomic E-state index is 0.170. The maximum atomic E-state index is 13.2. The van der Waals surface area contributed by atoms with Gasteiger partial charge in [0.2, 0.25) is 5.91 Å². The number of piperidine rings is 1. The lowest BCUT2D eigenvalue weighted by molar-refractivity contribution is -0.141. The Hall–Kier alpha value is -2.01. The van der Waals surface area contributed by atoms with Crippen LogP contribution in [0, 0.1) is 5.92 Å². The molecule has 5 heteroatoms. The summed E-state index contributed by atoms with van der Waals surface area (Å²) in [4.78, 5) is 17.7. The molecule has 25 heavy (non-hydrogen) atoms. The summed E-state index contributed by atoms with van der Waals surface area (Å²) in [5.74, 6) is 1.54. The smallest absolute Gasteiger partial charge is 0.226 e. The molecule has 2 aromatic heterocycles. The Morgan fingerprint density at radius 1 is 1.16 bits per heavy atom. The number of nitrogens with zero attached hydrogens (tertiary/aromatic N) is 3. The van der Waals surface area contributed by atoms with E-state index < -0.39 is 0 Å². The lowest BCUT2D eigenvalue weighted by Crippen LogP contribution is -2.47. The molecule has 0 bridgehead atoms. The first-order valence-electron chi connectivity index (χ1n) is 9.46. The molecular formula is C20H27N3O2. The summed E-state index contributed by atoms with van der Waals surface area (Å²) in [5.41, 5.74) is 1.29. The highest BCUT2D eigenvalue weighted by molar-refractivity contribution is 5.79. The summed E-state index contributed by atoms with van der Waals surface area (Å²) >= 11 is 0. The molecule has 4 heterocycles. The zero-order valence-electron chi connectivity index (χ0n) is 14.9. The predicted molar refractivity (Wildman–Crippen MR) is 95.9 cm³/mol. The fraction of sp³-hybridized carbons (Fsp3) is 0.550. The van der Waals surface area contributed by atoms with Gasteiger partial charge >= 0.3 is 0 Å². The van der Waals surface area contributed by atoms with Crippen LogP contribution in [0.4, 0.5) is 0 Å². The number of rotatable bonds is 4. The van der Waals surface area contributed by atoms with E-state index in [0.717, 1.165) is 57.7 Å². The van der Waals surface area contributed by atoms with Gasteiger partial charge in [0.15, 0.2) is 0 Å². The normalized spacial score (nSPS) is 22.1. The van der Waals surface area contributed by atoms with Crippen LogP contribution in [-0.4, -0.2) is 39.9 Å². The van der Waals surface area contributed by atoms with Crippen LogP contribution in [0.25, 0.3) is 0 Å².